The largest absolute Gasteiger partial charge is 0.465 e. The number of hydrogen-bond acceptors (Lipinski definition) is 4. The first-order valence-corrected chi connectivity index (χ1v) is 7.76. The number of nitrogens with one attached hydrogen (secondary N) is 4. The molecule has 0 radical (unpaired) electrons. The van der Waals surface area contributed by atoms with Gasteiger partial charge in [-0.2, -0.15) is 13.2 Å². The topological polar surface area (TPSA) is 120 Å². The Kier molecular flexibility index (Phi) is 6.42. The van der Waals surface area contributed by atoms with Gasteiger partial charge in [-0.15, -0.1) is 0 Å². The van der Waals surface area contributed by atoms with Crippen LogP contribution < -0.4 is 21.5 Å². The molecule has 0 atom stereocenters. The number of hydrogen-bond donors (Lipinski definition) is 5. The number of carboxylic acid groups (broad SMARTS) is 1. The van der Waals surface area contributed by atoms with Crippen molar-refractivity contribution >= 4 is 29.3 Å². The van der Waals surface area contributed by atoms with E-state index in [1.807, 2.05) is 10.7 Å². The molecule has 2 aromatic rings. The van der Waals surface area contributed by atoms with Gasteiger partial charge in [0.25, 0.3) is 11.8 Å². The highest BCUT2D eigenvalue weighted by Crippen LogP contribution is 2.30. The lowest BCUT2D eigenvalue weighted by atomic mass is 10.1. The third-order valence-corrected chi connectivity index (χ3v) is 3.38. The zero-order valence-electron chi connectivity index (χ0n) is 14.1. The molecule has 0 aliphatic rings. The van der Waals surface area contributed by atoms with Crippen molar-refractivity contribution in [3.63, 3.8) is 0 Å². The molecule has 148 valence electrons. The number of amides is 3. The smallest absolute Gasteiger partial charge is 0.416 e. The first kappa shape index (κ1) is 20.6. The molecule has 0 saturated carbocycles. The van der Waals surface area contributed by atoms with Gasteiger partial charge in [-0.3, -0.25) is 20.4 Å². The molecular formula is C17H15F3N4O4. The van der Waals surface area contributed by atoms with Gasteiger partial charge in [0.05, 0.1) is 16.8 Å². The van der Waals surface area contributed by atoms with Crippen LogP contribution in [0.1, 0.15) is 15.9 Å². The van der Waals surface area contributed by atoms with Crippen LogP contribution in [-0.4, -0.2) is 29.6 Å². The molecule has 3 amide bonds. The zero-order chi connectivity index (χ0) is 20.7. The number of benzene rings is 2. The molecule has 0 aromatic heterocycles. The van der Waals surface area contributed by atoms with Gasteiger partial charge in [0, 0.05) is 5.69 Å². The van der Waals surface area contributed by atoms with E-state index in [2.05, 4.69) is 10.7 Å². The summed E-state index contributed by atoms with van der Waals surface area (Å²) in [5.74, 6) is -1.50. The molecule has 0 bridgehead atoms. The van der Waals surface area contributed by atoms with Crippen LogP contribution in [0, 0.1) is 0 Å². The maximum Gasteiger partial charge on any atom is 0.416 e. The van der Waals surface area contributed by atoms with Crippen molar-refractivity contribution in [2.75, 3.05) is 11.9 Å². The van der Waals surface area contributed by atoms with Crippen LogP contribution in [0.4, 0.5) is 29.3 Å². The lowest BCUT2D eigenvalue weighted by Crippen LogP contribution is -2.46. The molecule has 0 heterocycles. The van der Waals surface area contributed by atoms with Gasteiger partial charge in [0.1, 0.15) is 6.54 Å². The molecule has 0 saturated heterocycles. The van der Waals surface area contributed by atoms with E-state index in [-0.39, 0.29) is 11.3 Å². The van der Waals surface area contributed by atoms with E-state index in [0.29, 0.717) is 5.69 Å². The van der Waals surface area contributed by atoms with Gasteiger partial charge in [-0.25, -0.2) is 4.79 Å². The Morgan fingerprint density at radius 3 is 2.18 bits per heavy atom. The second-order valence-electron chi connectivity index (χ2n) is 5.41. The first-order valence-electron chi connectivity index (χ1n) is 7.76. The van der Waals surface area contributed by atoms with Crippen LogP contribution in [-0.2, 0) is 11.0 Å². The summed E-state index contributed by atoms with van der Waals surface area (Å²) < 4.78 is 37.9. The van der Waals surface area contributed by atoms with Gasteiger partial charge < -0.3 is 15.7 Å². The molecular weight excluding hydrogens is 381 g/mol. The molecule has 11 heteroatoms. The third-order valence-electron chi connectivity index (χ3n) is 3.38. The summed E-state index contributed by atoms with van der Waals surface area (Å²) in [6, 6.07) is 10.4. The number of carbonyl (C=O) groups is 3. The Morgan fingerprint density at radius 2 is 1.57 bits per heavy atom. The monoisotopic (exact) mass is 396 g/mol. The van der Waals surface area contributed by atoms with Crippen molar-refractivity contribution in [2.45, 2.75) is 6.18 Å². The van der Waals surface area contributed by atoms with Crippen LogP contribution >= 0.6 is 0 Å². The predicted molar refractivity (Wildman–Crippen MR) is 92.8 cm³/mol. The van der Waals surface area contributed by atoms with Crippen molar-refractivity contribution in [1.29, 1.82) is 0 Å². The van der Waals surface area contributed by atoms with Crippen LogP contribution in [0.15, 0.2) is 48.5 Å². The summed E-state index contributed by atoms with van der Waals surface area (Å²) in [5, 5.41) is 13.1. The lowest BCUT2D eigenvalue weighted by Gasteiger charge is -2.13. The first-order chi connectivity index (χ1) is 13.2. The Balaban J connectivity index is 2.05. The van der Waals surface area contributed by atoms with Crippen LogP contribution in [0.25, 0.3) is 0 Å². The number of halogens is 3. The molecule has 28 heavy (non-hydrogen) atoms. The number of hydrazine groups is 1. The Labute approximate surface area is 156 Å². The average molecular weight is 396 g/mol. The highest BCUT2D eigenvalue weighted by Gasteiger charge is 2.29. The fourth-order valence-corrected chi connectivity index (χ4v) is 2.08. The molecule has 0 unspecified atom stereocenters. The van der Waals surface area contributed by atoms with Gasteiger partial charge in [-0.1, -0.05) is 12.1 Å². The lowest BCUT2D eigenvalue weighted by molar-refractivity contribution is -0.137. The molecule has 0 spiro atoms. The van der Waals surface area contributed by atoms with E-state index in [4.69, 9.17) is 5.11 Å². The Hall–Kier alpha value is -3.76. The number of para-hydroxylation sites is 1. The normalized spacial score (nSPS) is 10.7. The van der Waals surface area contributed by atoms with Gasteiger partial charge >= 0.3 is 12.3 Å². The minimum absolute atomic E-state index is 0.105. The van der Waals surface area contributed by atoms with E-state index in [9.17, 15) is 27.6 Å². The molecule has 2 rings (SSSR count). The van der Waals surface area contributed by atoms with Gasteiger partial charge in [-0.05, 0) is 36.4 Å². The highest BCUT2D eigenvalue weighted by molar-refractivity contribution is 6.01. The van der Waals surface area contributed by atoms with Crippen LogP contribution in [0.3, 0.4) is 0 Å². The summed E-state index contributed by atoms with van der Waals surface area (Å²) in [6.45, 7) is -0.554. The van der Waals surface area contributed by atoms with E-state index in [0.717, 1.165) is 12.1 Å². The van der Waals surface area contributed by atoms with E-state index in [1.54, 1.807) is 12.1 Å². The quantitative estimate of drug-likeness (QED) is 0.498. The molecule has 5 N–H and O–H groups in total. The fourth-order valence-electron chi connectivity index (χ4n) is 2.08. The minimum Gasteiger partial charge on any atom is -0.465 e. The molecule has 0 aliphatic carbocycles. The van der Waals surface area contributed by atoms with Crippen LogP contribution in [0.5, 0.6) is 0 Å². The second kappa shape index (κ2) is 8.75. The third kappa shape index (κ3) is 5.90. The summed E-state index contributed by atoms with van der Waals surface area (Å²) in [4.78, 5) is 34.0. The van der Waals surface area contributed by atoms with E-state index < -0.39 is 36.2 Å². The summed E-state index contributed by atoms with van der Waals surface area (Å²) in [7, 11) is 0. The molecule has 8 nitrogen and oxygen atoms in total. The minimum atomic E-state index is -4.45. The Bertz CT molecular complexity index is 869. The number of alkyl halides is 3. The van der Waals surface area contributed by atoms with Crippen molar-refractivity contribution in [3.05, 3.63) is 59.7 Å². The summed E-state index contributed by atoms with van der Waals surface area (Å²) in [5.41, 5.74) is 4.07. The number of anilines is 2. The van der Waals surface area contributed by atoms with E-state index >= 15 is 0 Å². The molecule has 0 fully saturated rings. The van der Waals surface area contributed by atoms with Gasteiger partial charge in [0.15, 0.2) is 0 Å². The SMILES string of the molecule is O=C(O)NCC(=O)NNC(=O)c1ccccc1Nc1ccc(C(F)(F)F)cc1. The fraction of sp³-hybridized carbons (Fsp3) is 0.118. The maximum atomic E-state index is 12.6. The maximum absolute atomic E-state index is 12.6. The summed E-state index contributed by atoms with van der Waals surface area (Å²) >= 11 is 0. The molecule has 2 aromatic carbocycles. The van der Waals surface area contributed by atoms with Crippen LogP contribution in [0.2, 0.25) is 0 Å². The zero-order valence-corrected chi connectivity index (χ0v) is 14.1. The standard InChI is InChI=1S/C17H15F3N4O4/c18-17(19,20)10-5-7-11(8-6-10)22-13-4-2-1-3-12(13)15(26)24-23-14(25)9-21-16(27)28/h1-8,21-22H,9H2,(H,23,25)(H,24,26)(H,27,28). The summed E-state index contributed by atoms with van der Waals surface area (Å²) in [6.07, 6.45) is -5.85. The highest BCUT2D eigenvalue weighted by atomic mass is 19.4. The predicted octanol–water partition coefficient (Wildman–Crippen LogP) is 2.48. The van der Waals surface area contributed by atoms with Crippen molar-refractivity contribution in [1.82, 2.24) is 16.2 Å². The van der Waals surface area contributed by atoms with Crippen molar-refractivity contribution < 1.29 is 32.7 Å². The number of carbonyl (C=O) groups excluding carboxylic acids is 2. The van der Waals surface area contributed by atoms with Crippen molar-refractivity contribution in [3.8, 4) is 0 Å². The molecule has 0 aliphatic heterocycles. The second-order valence-corrected chi connectivity index (χ2v) is 5.41. The van der Waals surface area contributed by atoms with Gasteiger partial charge in [0.2, 0.25) is 0 Å². The Morgan fingerprint density at radius 1 is 0.929 bits per heavy atom. The van der Waals surface area contributed by atoms with E-state index in [1.165, 1.54) is 24.3 Å². The average Bonchev–Trinajstić information content (AvgIpc) is 2.64. The van der Waals surface area contributed by atoms with Crippen molar-refractivity contribution in [2.24, 2.45) is 0 Å². The number of rotatable bonds is 5.